The third-order valence-corrected chi connectivity index (χ3v) is 6.76. The molecule has 0 saturated carbocycles. The van der Waals surface area contributed by atoms with Crippen LogP contribution in [0.25, 0.3) is 0 Å². The van der Waals surface area contributed by atoms with E-state index >= 15 is 0 Å². The highest BCUT2D eigenvalue weighted by molar-refractivity contribution is 7.98. The molecule has 0 radical (unpaired) electrons. The quantitative estimate of drug-likeness (QED) is 0.727. The van der Waals surface area contributed by atoms with Gasteiger partial charge < -0.3 is 14.8 Å². The number of carbonyl (C=O) groups is 1. The van der Waals surface area contributed by atoms with E-state index in [0.717, 1.165) is 55.6 Å². The Balaban J connectivity index is 1.29. The lowest BCUT2D eigenvalue weighted by atomic mass is 9.96. The van der Waals surface area contributed by atoms with E-state index in [1.165, 1.54) is 28.9 Å². The molecule has 6 nitrogen and oxygen atoms in total. The van der Waals surface area contributed by atoms with Crippen LogP contribution in [-0.4, -0.2) is 46.6 Å². The van der Waals surface area contributed by atoms with Crippen LogP contribution in [0.2, 0.25) is 0 Å². The van der Waals surface area contributed by atoms with Gasteiger partial charge in [0.2, 0.25) is 0 Å². The van der Waals surface area contributed by atoms with Gasteiger partial charge in [-0.25, -0.2) is 0 Å². The van der Waals surface area contributed by atoms with Crippen LogP contribution < -0.4 is 10.2 Å². The van der Waals surface area contributed by atoms with Crippen molar-refractivity contribution in [1.82, 2.24) is 14.8 Å². The molecular formula is C21H30N5OS+. The molecule has 2 N–H and O–H groups in total. The maximum atomic E-state index is 12.5. The fourth-order valence-electron chi connectivity index (χ4n) is 4.59. The Morgan fingerprint density at radius 2 is 2.04 bits per heavy atom. The van der Waals surface area contributed by atoms with E-state index in [-0.39, 0.29) is 5.91 Å². The standard InChI is InChI=1S/C21H29N5OS/c1-3-26-20(23-24-21(26)28-2)16-9-11-25(12-10-16)14-19(27)22-18-8-7-15-5-4-6-17(15)13-18/h7-8,13,16H,3-6,9-12,14H2,1-2H3,(H,22,27)/p+1. The van der Waals surface area contributed by atoms with Crippen LogP contribution in [0, 0.1) is 0 Å². The number of benzene rings is 1. The molecule has 0 unspecified atom stereocenters. The molecule has 2 aromatic rings. The molecule has 28 heavy (non-hydrogen) atoms. The van der Waals surface area contributed by atoms with Gasteiger partial charge in [0.15, 0.2) is 11.7 Å². The summed E-state index contributed by atoms with van der Waals surface area (Å²) in [4.78, 5) is 13.9. The summed E-state index contributed by atoms with van der Waals surface area (Å²) < 4.78 is 2.24. The van der Waals surface area contributed by atoms with Gasteiger partial charge in [-0.15, -0.1) is 10.2 Å². The summed E-state index contributed by atoms with van der Waals surface area (Å²) in [5, 5.41) is 12.9. The van der Waals surface area contributed by atoms with Gasteiger partial charge in [-0.3, -0.25) is 4.79 Å². The number of carbonyl (C=O) groups excluding carboxylic acids is 1. The first-order chi connectivity index (χ1) is 13.7. The first-order valence-corrected chi connectivity index (χ1v) is 11.6. The predicted octanol–water partition coefficient (Wildman–Crippen LogP) is 1.91. The number of hydrogen-bond donors (Lipinski definition) is 2. The molecular weight excluding hydrogens is 370 g/mol. The number of aromatic nitrogens is 3. The molecule has 1 aliphatic heterocycles. The summed E-state index contributed by atoms with van der Waals surface area (Å²) in [6.45, 7) is 5.62. The van der Waals surface area contributed by atoms with E-state index in [1.807, 2.05) is 12.3 Å². The number of nitrogens with one attached hydrogen (secondary N) is 2. The molecule has 1 saturated heterocycles. The van der Waals surface area contributed by atoms with E-state index < -0.39 is 0 Å². The highest BCUT2D eigenvalue weighted by Crippen LogP contribution is 2.26. The number of quaternary nitrogens is 1. The predicted molar refractivity (Wildman–Crippen MR) is 112 cm³/mol. The van der Waals surface area contributed by atoms with Crippen molar-refractivity contribution in [1.29, 1.82) is 0 Å². The Morgan fingerprint density at radius 1 is 1.25 bits per heavy atom. The third kappa shape index (κ3) is 4.10. The number of piperidine rings is 1. The van der Waals surface area contributed by atoms with E-state index in [1.54, 1.807) is 11.8 Å². The van der Waals surface area contributed by atoms with Gasteiger partial charge in [0, 0.05) is 31.0 Å². The molecule has 1 fully saturated rings. The molecule has 4 rings (SSSR count). The van der Waals surface area contributed by atoms with Gasteiger partial charge in [-0.2, -0.15) is 0 Å². The molecule has 2 heterocycles. The van der Waals surface area contributed by atoms with Gasteiger partial charge in [-0.05, 0) is 55.7 Å². The van der Waals surface area contributed by atoms with E-state index in [2.05, 4.69) is 39.1 Å². The van der Waals surface area contributed by atoms with Gasteiger partial charge in [0.05, 0.1) is 13.1 Å². The van der Waals surface area contributed by atoms with Gasteiger partial charge >= 0.3 is 0 Å². The Hall–Kier alpha value is -1.86. The molecule has 2 aliphatic rings. The van der Waals surface area contributed by atoms with Crippen molar-refractivity contribution in [3.05, 3.63) is 35.2 Å². The van der Waals surface area contributed by atoms with Crippen LogP contribution in [0.5, 0.6) is 0 Å². The first kappa shape index (κ1) is 19.5. The normalized spacial score (nSPS) is 21.5. The number of hydrogen-bond acceptors (Lipinski definition) is 4. The Bertz CT molecular complexity index is 841. The summed E-state index contributed by atoms with van der Waals surface area (Å²) in [6, 6.07) is 6.37. The molecule has 1 aromatic carbocycles. The molecule has 1 aliphatic carbocycles. The van der Waals surface area contributed by atoms with Crippen LogP contribution in [0.3, 0.4) is 0 Å². The highest BCUT2D eigenvalue weighted by Gasteiger charge is 2.29. The monoisotopic (exact) mass is 400 g/mol. The summed E-state index contributed by atoms with van der Waals surface area (Å²) in [6.07, 6.45) is 7.72. The van der Waals surface area contributed by atoms with Crippen LogP contribution in [0.15, 0.2) is 23.4 Å². The largest absolute Gasteiger partial charge is 0.327 e. The summed E-state index contributed by atoms with van der Waals surface area (Å²) in [5.74, 6) is 1.69. The second-order valence-corrected chi connectivity index (χ2v) is 8.65. The summed E-state index contributed by atoms with van der Waals surface area (Å²) >= 11 is 1.65. The number of aryl methyl sites for hydroxylation is 2. The lowest BCUT2D eigenvalue weighted by Crippen LogP contribution is -3.14. The second kappa shape index (κ2) is 8.66. The Kier molecular flexibility index (Phi) is 6.01. The maximum absolute atomic E-state index is 12.5. The third-order valence-electron chi connectivity index (χ3n) is 6.09. The van der Waals surface area contributed by atoms with Gasteiger partial charge in [-0.1, -0.05) is 17.8 Å². The second-order valence-electron chi connectivity index (χ2n) is 7.88. The molecule has 0 bridgehead atoms. The fraction of sp³-hybridized carbons (Fsp3) is 0.571. The molecule has 0 spiro atoms. The molecule has 7 heteroatoms. The number of nitrogens with zero attached hydrogens (tertiary/aromatic N) is 3. The van der Waals surface area contributed by atoms with Crippen molar-refractivity contribution < 1.29 is 9.69 Å². The summed E-state index contributed by atoms with van der Waals surface area (Å²) in [5.41, 5.74) is 3.78. The number of rotatable bonds is 6. The summed E-state index contributed by atoms with van der Waals surface area (Å²) in [7, 11) is 0. The Labute approximate surface area is 171 Å². The van der Waals surface area contributed by atoms with E-state index in [9.17, 15) is 4.79 Å². The number of anilines is 1. The van der Waals surface area contributed by atoms with Crippen LogP contribution in [-0.2, 0) is 24.2 Å². The first-order valence-electron chi connectivity index (χ1n) is 10.4. The minimum absolute atomic E-state index is 0.118. The molecule has 1 aromatic heterocycles. The van der Waals surface area contributed by atoms with Crippen molar-refractivity contribution in [2.75, 3.05) is 31.2 Å². The highest BCUT2D eigenvalue weighted by atomic mass is 32.2. The van der Waals surface area contributed by atoms with E-state index in [0.29, 0.717) is 12.5 Å². The van der Waals surface area contributed by atoms with Crippen molar-refractivity contribution in [2.24, 2.45) is 0 Å². The van der Waals surface area contributed by atoms with E-state index in [4.69, 9.17) is 0 Å². The SMILES string of the molecule is CCn1c(SC)nnc1C1CC[NH+](CC(=O)Nc2ccc3c(c2)CCC3)CC1. The zero-order valence-electron chi connectivity index (χ0n) is 16.8. The van der Waals surface area contributed by atoms with Crippen LogP contribution in [0.1, 0.15) is 49.1 Å². The minimum atomic E-state index is 0.118. The van der Waals surface area contributed by atoms with Crippen molar-refractivity contribution in [2.45, 2.75) is 56.6 Å². The van der Waals surface area contributed by atoms with Gasteiger partial charge in [0.1, 0.15) is 5.82 Å². The van der Waals surface area contributed by atoms with Gasteiger partial charge in [0.25, 0.3) is 5.91 Å². The molecule has 150 valence electrons. The number of likely N-dealkylation sites (tertiary alicyclic amines) is 1. The molecule has 1 amide bonds. The number of thioether (sulfide) groups is 1. The van der Waals surface area contributed by atoms with Crippen molar-refractivity contribution in [3.8, 4) is 0 Å². The lowest BCUT2D eigenvalue weighted by Gasteiger charge is -2.28. The van der Waals surface area contributed by atoms with Crippen molar-refractivity contribution >= 4 is 23.4 Å². The lowest BCUT2D eigenvalue weighted by molar-refractivity contribution is -0.897. The minimum Gasteiger partial charge on any atom is -0.327 e. The maximum Gasteiger partial charge on any atom is 0.279 e. The van der Waals surface area contributed by atoms with Crippen molar-refractivity contribution in [3.63, 3.8) is 0 Å². The van der Waals surface area contributed by atoms with Crippen LogP contribution >= 0.6 is 11.8 Å². The number of fused-ring (bicyclic) bond motifs is 1. The molecule has 0 atom stereocenters. The zero-order chi connectivity index (χ0) is 19.5. The zero-order valence-corrected chi connectivity index (χ0v) is 17.6. The average molecular weight is 401 g/mol. The Morgan fingerprint density at radius 3 is 2.79 bits per heavy atom. The van der Waals surface area contributed by atoms with Crippen LogP contribution in [0.4, 0.5) is 5.69 Å². The fourth-order valence-corrected chi connectivity index (χ4v) is 5.16. The topological polar surface area (TPSA) is 64.2 Å². The number of amides is 1. The smallest absolute Gasteiger partial charge is 0.279 e. The average Bonchev–Trinajstić information content (AvgIpc) is 3.34.